The second kappa shape index (κ2) is 7.68. The first kappa shape index (κ1) is 20.0. The molecule has 2 aliphatic heterocycles. The Bertz CT molecular complexity index is 617. The van der Waals surface area contributed by atoms with Gasteiger partial charge in [-0.15, -0.1) is 0 Å². The summed E-state index contributed by atoms with van der Waals surface area (Å²) in [5, 5.41) is 0.593. The Morgan fingerprint density at radius 2 is 1.69 bits per heavy atom. The van der Waals surface area contributed by atoms with Gasteiger partial charge in [-0.25, -0.2) is 0 Å². The molecule has 3 rings (SSSR count). The summed E-state index contributed by atoms with van der Waals surface area (Å²) in [6, 6.07) is 5.76. The summed E-state index contributed by atoms with van der Waals surface area (Å²) in [6.07, 6.45) is 0. The van der Waals surface area contributed by atoms with Crippen molar-refractivity contribution in [1.29, 1.82) is 0 Å². The molecule has 0 bridgehead atoms. The molecule has 0 unspecified atom stereocenters. The topological polar surface area (TPSA) is 34.2 Å². The monoisotopic (exact) mass is 380 g/mol. The molecule has 1 aromatic carbocycles. The molecule has 0 aromatic heterocycles. The molecule has 2 fully saturated rings. The van der Waals surface area contributed by atoms with Crippen molar-refractivity contribution in [2.75, 3.05) is 46.4 Å². The number of ether oxygens (including phenoxy) is 1. The van der Waals surface area contributed by atoms with Crippen LogP contribution < -0.4 is 10.2 Å². The first-order valence-corrected chi connectivity index (χ1v) is 9.74. The first-order chi connectivity index (χ1) is 12.2. The van der Waals surface area contributed by atoms with Crippen LogP contribution >= 0.6 is 11.6 Å². The molecule has 0 amide bonds. The SMILES string of the molecule is CN1CCN(CCOc2ccc(B3OC(C)(C)C(C)(C)O3)cc2Cl)CC1. The van der Waals surface area contributed by atoms with E-state index in [9.17, 15) is 0 Å². The van der Waals surface area contributed by atoms with Gasteiger partial charge in [-0.05, 0) is 52.3 Å². The van der Waals surface area contributed by atoms with Crippen molar-refractivity contribution in [3.8, 4) is 5.75 Å². The van der Waals surface area contributed by atoms with Crippen LogP contribution in [0.15, 0.2) is 18.2 Å². The van der Waals surface area contributed by atoms with E-state index in [1.165, 1.54) is 0 Å². The van der Waals surface area contributed by atoms with Gasteiger partial charge in [0.05, 0.1) is 16.2 Å². The van der Waals surface area contributed by atoms with E-state index in [1.807, 2.05) is 45.9 Å². The molecule has 0 saturated carbocycles. The van der Waals surface area contributed by atoms with E-state index in [2.05, 4.69) is 16.8 Å². The van der Waals surface area contributed by atoms with Gasteiger partial charge in [0, 0.05) is 32.7 Å². The minimum atomic E-state index is -0.406. The van der Waals surface area contributed by atoms with Crippen molar-refractivity contribution >= 4 is 24.2 Å². The Morgan fingerprint density at radius 3 is 2.27 bits per heavy atom. The molecule has 1 aromatic rings. The maximum absolute atomic E-state index is 6.43. The second-order valence-electron chi connectivity index (χ2n) is 8.27. The standard InChI is InChI=1S/C19H30BClN2O3/c1-18(2)19(3,4)26-20(25-18)15-6-7-17(16(21)14-15)24-13-12-23-10-8-22(5)9-11-23/h6-7,14H,8-13H2,1-5H3. The fraction of sp³-hybridized carbons (Fsp3) is 0.684. The van der Waals surface area contributed by atoms with Crippen molar-refractivity contribution in [1.82, 2.24) is 9.80 Å². The van der Waals surface area contributed by atoms with Gasteiger partial charge in [-0.3, -0.25) is 4.90 Å². The van der Waals surface area contributed by atoms with Crippen LogP contribution in [0, 0.1) is 0 Å². The zero-order valence-corrected chi connectivity index (χ0v) is 17.3. The Labute approximate surface area is 162 Å². The molecule has 0 N–H and O–H groups in total. The molecule has 2 aliphatic rings. The summed E-state index contributed by atoms with van der Waals surface area (Å²) in [7, 11) is 1.76. The molecular weight excluding hydrogens is 350 g/mol. The number of nitrogens with zero attached hydrogens (tertiary/aromatic N) is 2. The predicted octanol–water partition coefficient (Wildman–Crippen LogP) is 2.27. The fourth-order valence-electron chi connectivity index (χ4n) is 3.12. The van der Waals surface area contributed by atoms with Crippen LogP contribution in [0.5, 0.6) is 5.75 Å². The lowest BCUT2D eigenvalue weighted by Crippen LogP contribution is -2.45. The lowest BCUT2D eigenvalue weighted by Gasteiger charge is -2.32. The molecule has 0 spiro atoms. The molecule has 2 saturated heterocycles. The normalized spacial score (nSPS) is 23.4. The fourth-order valence-corrected chi connectivity index (χ4v) is 3.36. The number of benzene rings is 1. The predicted molar refractivity (Wildman–Crippen MR) is 107 cm³/mol. The maximum Gasteiger partial charge on any atom is 0.494 e. The van der Waals surface area contributed by atoms with E-state index in [4.69, 9.17) is 25.6 Å². The highest BCUT2D eigenvalue weighted by Crippen LogP contribution is 2.37. The third kappa shape index (κ3) is 4.37. The molecule has 0 atom stereocenters. The molecule has 7 heteroatoms. The van der Waals surface area contributed by atoms with Gasteiger partial charge >= 0.3 is 7.12 Å². The largest absolute Gasteiger partial charge is 0.494 e. The molecular formula is C19H30BClN2O3. The van der Waals surface area contributed by atoms with Gasteiger partial charge in [0.2, 0.25) is 0 Å². The summed E-state index contributed by atoms with van der Waals surface area (Å²) in [6.45, 7) is 14.2. The molecule has 26 heavy (non-hydrogen) atoms. The molecule has 5 nitrogen and oxygen atoms in total. The van der Waals surface area contributed by atoms with Crippen LogP contribution in [0.3, 0.4) is 0 Å². The van der Waals surface area contributed by atoms with Crippen LogP contribution in [-0.4, -0.2) is 74.5 Å². The Hall–Kier alpha value is -0.785. The summed E-state index contributed by atoms with van der Waals surface area (Å²) in [4.78, 5) is 4.77. The van der Waals surface area contributed by atoms with Crippen LogP contribution in [0.2, 0.25) is 5.02 Å². The van der Waals surface area contributed by atoms with Gasteiger partial charge in [0.1, 0.15) is 12.4 Å². The maximum atomic E-state index is 6.43. The number of halogens is 1. The van der Waals surface area contributed by atoms with Crippen molar-refractivity contribution in [3.63, 3.8) is 0 Å². The average molecular weight is 381 g/mol. The number of hydrogen-bond acceptors (Lipinski definition) is 5. The van der Waals surface area contributed by atoms with Crippen molar-refractivity contribution in [2.24, 2.45) is 0 Å². The summed E-state index contributed by atoms with van der Waals surface area (Å²) >= 11 is 6.43. The molecule has 144 valence electrons. The minimum Gasteiger partial charge on any atom is -0.491 e. The highest BCUT2D eigenvalue weighted by Gasteiger charge is 2.51. The van der Waals surface area contributed by atoms with Crippen molar-refractivity contribution in [3.05, 3.63) is 23.2 Å². The third-order valence-electron chi connectivity index (χ3n) is 5.74. The highest BCUT2D eigenvalue weighted by atomic mass is 35.5. The highest BCUT2D eigenvalue weighted by molar-refractivity contribution is 6.62. The number of piperazine rings is 1. The summed E-state index contributed by atoms with van der Waals surface area (Å²) < 4.78 is 18.1. The van der Waals surface area contributed by atoms with Crippen LogP contribution in [-0.2, 0) is 9.31 Å². The van der Waals surface area contributed by atoms with Gasteiger partial charge in [0.15, 0.2) is 0 Å². The molecule has 0 aliphatic carbocycles. The van der Waals surface area contributed by atoms with Gasteiger partial charge in [-0.2, -0.15) is 0 Å². The van der Waals surface area contributed by atoms with Crippen LogP contribution in [0.25, 0.3) is 0 Å². The Morgan fingerprint density at radius 1 is 1.08 bits per heavy atom. The minimum absolute atomic E-state index is 0.359. The third-order valence-corrected chi connectivity index (χ3v) is 6.04. The van der Waals surface area contributed by atoms with E-state index in [1.54, 1.807) is 0 Å². The van der Waals surface area contributed by atoms with Crippen molar-refractivity contribution in [2.45, 2.75) is 38.9 Å². The Kier molecular flexibility index (Phi) is 5.90. The van der Waals surface area contributed by atoms with Crippen LogP contribution in [0.1, 0.15) is 27.7 Å². The Balaban J connectivity index is 1.55. The van der Waals surface area contributed by atoms with E-state index < -0.39 is 7.12 Å². The van der Waals surface area contributed by atoms with Gasteiger partial charge in [0.25, 0.3) is 0 Å². The quantitative estimate of drug-likeness (QED) is 0.732. The summed E-state index contributed by atoms with van der Waals surface area (Å²) in [5.41, 5.74) is 0.198. The zero-order valence-electron chi connectivity index (χ0n) is 16.5. The van der Waals surface area contributed by atoms with Gasteiger partial charge < -0.3 is 18.9 Å². The van der Waals surface area contributed by atoms with E-state index in [-0.39, 0.29) is 11.2 Å². The first-order valence-electron chi connectivity index (χ1n) is 9.37. The van der Waals surface area contributed by atoms with E-state index in [0.29, 0.717) is 17.4 Å². The summed E-state index contributed by atoms with van der Waals surface area (Å²) in [5.74, 6) is 0.709. The zero-order chi connectivity index (χ0) is 18.9. The lowest BCUT2D eigenvalue weighted by molar-refractivity contribution is 0.00578. The molecule has 2 heterocycles. The lowest BCUT2D eigenvalue weighted by atomic mass is 9.79. The second-order valence-corrected chi connectivity index (χ2v) is 8.68. The van der Waals surface area contributed by atoms with Gasteiger partial charge in [-0.1, -0.05) is 17.7 Å². The number of likely N-dealkylation sites (N-methyl/N-ethyl adjacent to an activating group) is 1. The van der Waals surface area contributed by atoms with E-state index >= 15 is 0 Å². The number of hydrogen-bond donors (Lipinski definition) is 0. The number of rotatable bonds is 5. The molecule has 0 radical (unpaired) electrons. The smallest absolute Gasteiger partial charge is 0.491 e. The average Bonchev–Trinajstić information content (AvgIpc) is 2.79. The van der Waals surface area contributed by atoms with Crippen molar-refractivity contribution < 1.29 is 14.0 Å². The van der Waals surface area contributed by atoms with E-state index in [0.717, 1.165) is 38.2 Å². The van der Waals surface area contributed by atoms with Crippen LogP contribution in [0.4, 0.5) is 0 Å².